The number of hydrogen-bond donors (Lipinski definition) is 1. The Bertz CT molecular complexity index is 254. The molecule has 0 bridgehead atoms. The van der Waals surface area contributed by atoms with Crippen molar-refractivity contribution in [1.82, 2.24) is 10.2 Å². The highest BCUT2D eigenvalue weighted by Crippen LogP contribution is 2.12. The summed E-state index contributed by atoms with van der Waals surface area (Å²) < 4.78 is 0. The second-order valence-electron chi connectivity index (χ2n) is 4.46. The molecule has 1 N–H and O–H groups in total. The van der Waals surface area contributed by atoms with Crippen LogP contribution in [0.1, 0.15) is 32.1 Å². The Balaban J connectivity index is 1.62. The summed E-state index contributed by atoms with van der Waals surface area (Å²) in [7, 11) is 0. The first-order valence-corrected chi connectivity index (χ1v) is 6.04. The predicted molar refractivity (Wildman–Crippen MR) is 60.6 cm³/mol. The molecule has 3 heteroatoms. The summed E-state index contributed by atoms with van der Waals surface area (Å²) in [6, 6.07) is 0. The van der Waals surface area contributed by atoms with Crippen LogP contribution in [0.3, 0.4) is 0 Å². The average molecular weight is 208 g/mol. The standard InChI is InChI=1S/C12H20N2O/c15-12-5-4-11(10-12)13-6-9-14-7-2-1-3-8-14/h10,13H,1-9H2. The third-order valence-corrected chi connectivity index (χ3v) is 3.20. The van der Waals surface area contributed by atoms with E-state index in [4.69, 9.17) is 0 Å². The largest absolute Gasteiger partial charge is 0.387 e. The fraction of sp³-hybridized carbons (Fsp3) is 0.750. The van der Waals surface area contributed by atoms with E-state index in [0.29, 0.717) is 6.42 Å². The number of rotatable bonds is 4. The molecule has 1 aliphatic carbocycles. The Labute approximate surface area is 91.5 Å². The zero-order valence-electron chi connectivity index (χ0n) is 9.30. The molecule has 84 valence electrons. The number of nitrogens with one attached hydrogen (secondary N) is 1. The van der Waals surface area contributed by atoms with Gasteiger partial charge in [0.2, 0.25) is 0 Å². The lowest BCUT2D eigenvalue weighted by atomic mass is 10.1. The van der Waals surface area contributed by atoms with Gasteiger partial charge in [-0.2, -0.15) is 0 Å². The van der Waals surface area contributed by atoms with Gasteiger partial charge in [0.1, 0.15) is 0 Å². The van der Waals surface area contributed by atoms with Gasteiger partial charge in [0, 0.05) is 31.3 Å². The third kappa shape index (κ3) is 3.34. The molecule has 1 heterocycles. The minimum Gasteiger partial charge on any atom is -0.387 e. The van der Waals surface area contributed by atoms with E-state index in [0.717, 1.165) is 25.2 Å². The van der Waals surface area contributed by atoms with Crippen molar-refractivity contribution in [3.05, 3.63) is 11.8 Å². The lowest BCUT2D eigenvalue weighted by Crippen LogP contribution is -2.35. The van der Waals surface area contributed by atoms with Gasteiger partial charge in [-0.3, -0.25) is 4.79 Å². The molecular weight excluding hydrogens is 188 g/mol. The highest BCUT2D eigenvalue weighted by atomic mass is 16.1. The van der Waals surface area contributed by atoms with Crippen LogP contribution in [-0.4, -0.2) is 36.9 Å². The molecule has 15 heavy (non-hydrogen) atoms. The van der Waals surface area contributed by atoms with Gasteiger partial charge in [-0.1, -0.05) is 6.42 Å². The molecule has 0 saturated carbocycles. The van der Waals surface area contributed by atoms with Crippen molar-refractivity contribution >= 4 is 5.78 Å². The van der Waals surface area contributed by atoms with Crippen LogP contribution in [0.4, 0.5) is 0 Å². The molecule has 0 radical (unpaired) electrons. The van der Waals surface area contributed by atoms with Gasteiger partial charge in [-0.05, 0) is 32.4 Å². The van der Waals surface area contributed by atoms with Gasteiger partial charge >= 0.3 is 0 Å². The quantitative estimate of drug-likeness (QED) is 0.756. The molecule has 0 unspecified atom stereocenters. The first-order chi connectivity index (χ1) is 7.34. The van der Waals surface area contributed by atoms with Crippen LogP contribution in [0.2, 0.25) is 0 Å². The molecule has 0 spiro atoms. The van der Waals surface area contributed by atoms with Crippen molar-refractivity contribution in [1.29, 1.82) is 0 Å². The van der Waals surface area contributed by atoms with E-state index in [1.165, 1.54) is 32.4 Å². The number of hydrogen-bond acceptors (Lipinski definition) is 3. The maximum atomic E-state index is 11.0. The minimum atomic E-state index is 0.274. The number of ketones is 1. The zero-order chi connectivity index (χ0) is 10.5. The van der Waals surface area contributed by atoms with Gasteiger partial charge in [-0.25, -0.2) is 0 Å². The van der Waals surface area contributed by atoms with Crippen molar-refractivity contribution in [3.63, 3.8) is 0 Å². The topological polar surface area (TPSA) is 32.3 Å². The summed E-state index contributed by atoms with van der Waals surface area (Å²) in [5.74, 6) is 0.274. The molecule has 0 aromatic rings. The van der Waals surface area contributed by atoms with E-state index in [9.17, 15) is 4.79 Å². The summed E-state index contributed by atoms with van der Waals surface area (Å²) in [5.41, 5.74) is 1.14. The van der Waals surface area contributed by atoms with Crippen LogP contribution in [0.25, 0.3) is 0 Å². The second kappa shape index (κ2) is 5.31. The molecule has 2 aliphatic rings. The molecule has 1 saturated heterocycles. The van der Waals surface area contributed by atoms with Crippen molar-refractivity contribution < 1.29 is 4.79 Å². The van der Waals surface area contributed by atoms with Gasteiger partial charge in [0.25, 0.3) is 0 Å². The summed E-state index contributed by atoms with van der Waals surface area (Å²) >= 11 is 0. The van der Waals surface area contributed by atoms with Gasteiger partial charge in [-0.15, -0.1) is 0 Å². The minimum absolute atomic E-state index is 0.274. The van der Waals surface area contributed by atoms with Crippen LogP contribution >= 0.6 is 0 Å². The number of likely N-dealkylation sites (tertiary alicyclic amines) is 1. The number of allylic oxidation sites excluding steroid dienone is 2. The SMILES string of the molecule is O=C1C=C(NCCN2CCCCC2)CC1. The first-order valence-electron chi connectivity index (χ1n) is 6.04. The maximum Gasteiger partial charge on any atom is 0.157 e. The Morgan fingerprint density at radius 2 is 2.00 bits per heavy atom. The maximum absolute atomic E-state index is 11.0. The molecule has 3 nitrogen and oxygen atoms in total. The molecule has 2 rings (SSSR count). The van der Waals surface area contributed by atoms with E-state index in [2.05, 4.69) is 10.2 Å². The van der Waals surface area contributed by atoms with E-state index < -0.39 is 0 Å². The molecule has 0 aromatic heterocycles. The van der Waals surface area contributed by atoms with Gasteiger partial charge in [0.05, 0.1) is 0 Å². The van der Waals surface area contributed by atoms with Crippen LogP contribution in [-0.2, 0) is 4.79 Å². The molecule has 1 aliphatic heterocycles. The highest BCUT2D eigenvalue weighted by molar-refractivity contribution is 5.92. The lowest BCUT2D eigenvalue weighted by molar-refractivity contribution is -0.114. The summed E-state index contributed by atoms with van der Waals surface area (Å²) in [6.45, 7) is 4.60. The third-order valence-electron chi connectivity index (χ3n) is 3.20. The Morgan fingerprint density at radius 1 is 1.20 bits per heavy atom. The van der Waals surface area contributed by atoms with E-state index in [1.54, 1.807) is 6.08 Å². The summed E-state index contributed by atoms with van der Waals surface area (Å²) in [4.78, 5) is 13.5. The predicted octanol–water partition coefficient (Wildman–Crippen LogP) is 1.31. The van der Waals surface area contributed by atoms with Crippen LogP contribution in [0.15, 0.2) is 11.8 Å². The second-order valence-corrected chi connectivity index (χ2v) is 4.46. The van der Waals surface area contributed by atoms with Crippen molar-refractivity contribution in [2.75, 3.05) is 26.2 Å². The fourth-order valence-electron chi connectivity index (χ4n) is 2.29. The Morgan fingerprint density at radius 3 is 2.67 bits per heavy atom. The van der Waals surface area contributed by atoms with Gasteiger partial charge < -0.3 is 10.2 Å². The van der Waals surface area contributed by atoms with Crippen LogP contribution < -0.4 is 5.32 Å². The fourth-order valence-corrected chi connectivity index (χ4v) is 2.29. The van der Waals surface area contributed by atoms with Crippen molar-refractivity contribution in [2.45, 2.75) is 32.1 Å². The molecule has 0 aromatic carbocycles. The molecule has 0 atom stereocenters. The number of nitrogens with zero attached hydrogens (tertiary/aromatic N) is 1. The molecule has 0 amide bonds. The van der Waals surface area contributed by atoms with Crippen molar-refractivity contribution in [2.24, 2.45) is 0 Å². The zero-order valence-corrected chi connectivity index (χ0v) is 9.30. The van der Waals surface area contributed by atoms with E-state index >= 15 is 0 Å². The normalized spacial score (nSPS) is 22.9. The lowest BCUT2D eigenvalue weighted by Gasteiger charge is -2.26. The number of carbonyl (C=O) groups is 1. The number of carbonyl (C=O) groups excluding carboxylic acids is 1. The van der Waals surface area contributed by atoms with E-state index in [-0.39, 0.29) is 5.78 Å². The Kier molecular flexibility index (Phi) is 3.78. The smallest absolute Gasteiger partial charge is 0.157 e. The van der Waals surface area contributed by atoms with E-state index in [1.807, 2.05) is 0 Å². The molecular formula is C12H20N2O. The monoisotopic (exact) mass is 208 g/mol. The summed E-state index contributed by atoms with van der Waals surface area (Å²) in [5, 5.41) is 3.36. The van der Waals surface area contributed by atoms with Crippen LogP contribution in [0, 0.1) is 0 Å². The highest BCUT2D eigenvalue weighted by Gasteiger charge is 2.12. The Hall–Kier alpha value is -0.830. The number of piperidine rings is 1. The first kappa shape index (κ1) is 10.7. The van der Waals surface area contributed by atoms with Crippen LogP contribution in [0.5, 0.6) is 0 Å². The molecule has 1 fully saturated rings. The van der Waals surface area contributed by atoms with Gasteiger partial charge in [0.15, 0.2) is 5.78 Å². The summed E-state index contributed by atoms with van der Waals surface area (Å²) in [6.07, 6.45) is 7.47. The van der Waals surface area contributed by atoms with Crippen molar-refractivity contribution in [3.8, 4) is 0 Å². The average Bonchev–Trinajstić information content (AvgIpc) is 2.66.